The molecule has 1 atom stereocenters. The van der Waals surface area contributed by atoms with Gasteiger partial charge in [0.1, 0.15) is 12.2 Å². The quantitative estimate of drug-likeness (QED) is 0.651. The van der Waals surface area contributed by atoms with Gasteiger partial charge in [-0.15, -0.1) is 0 Å². The summed E-state index contributed by atoms with van der Waals surface area (Å²) in [5, 5.41) is 0. The van der Waals surface area contributed by atoms with E-state index in [1.165, 1.54) is 6.66 Å². The zero-order chi connectivity index (χ0) is 8.41. The van der Waals surface area contributed by atoms with E-state index < -0.39 is 18.4 Å². The van der Waals surface area contributed by atoms with Crippen molar-refractivity contribution in [1.82, 2.24) is 0 Å². The van der Waals surface area contributed by atoms with E-state index in [-0.39, 0.29) is 0 Å². The molecule has 0 spiro atoms. The van der Waals surface area contributed by atoms with Gasteiger partial charge in [0.05, 0.1) is 0 Å². The summed E-state index contributed by atoms with van der Waals surface area (Å²) in [5.41, 5.74) is -2.68. The van der Waals surface area contributed by atoms with E-state index >= 15 is 0 Å². The van der Waals surface area contributed by atoms with Gasteiger partial charge >= 0.3 is 6.18 Å². The van der Waals surface area contributed by atoms with Crippen molar-refractivity contribution in [3.63, 3.8) is 0 Å². The van der Waals surface area contributed by atoms with Gasteiger partial charge < -0.3 is 4.52 Å². The van der Waals surface area contributed by atoms with Crippen LogP contribution in [0.25, 0.3) is 0 Å². The Morgan fingerprint density at radius 1 is 1.60 bits per heavy atom. The van der Waals surface area contributed by atoms with Crippen LogP contribution in [0.1, 0.15) is 0 Å². The van der Waals surface area contributed by atoms with Crippen LogP contribution in [0.4, 0.5) is 13.2 Å². The summed E-state index contributed by atoms with van der Waals surface area (Å²) in [7, 11) is 0. The van der Waals surface area contributed by atoms with Crippen LogP contribution in [0.2, 0.25) is 0 Å². The monoisotopic (exact) mass is 212 g/mol. The molecule has 0 heterocycles. The van der Waals surface area contributed by atoms with Crippen molar-refractivity contribution < 1.29 is 17.7 Å². The molecule has 0 aromatic heterocycles. The first-order valence-electron chi connectivity index (χ1n) is 2.19. The van der Waals surface area contributed by atoms with Crippen molar-refractivity contribution in [3.8, 4) is 0 Å². The van der Waals surface area contributed by atoms with Crippen LogP contribution in [0.15, 0.2) is 0 Å². The van der Waals surface area contributed by atoms with Crippen LogP contribution >= 0.6 is 16.9 Å². The number of hydrogen-bond donors (Lipinski definition) is 0. The molecule has 0 amide bonds. The summed E-state index contributed by atoms with van der Waals surface area (Å²) in [6, 6.07) is 0. The number of alkyl halides is 3. The van der Waals surface area contributed by atoms with Crippen molar-refractivity contribution in [2.75, 3.05) is 13.3 Å². The smallest absolute Gasteiger partial charge is 0.328 e. The number of rotatable bonds is 2. The second kappa shape index (κ2) is 3.39. The van der Waals surface area contributed by atoms with Crippen molar-refractivity contribution in [1.29, 1.82) is 0 Å². The van der Waals surface area contributed by atoms with E-state index in [9.17, 15) is 13.2 Å². The molecule has 1 unspecified atom stereocenters. The van der Waals surface area contributed by atoms with Crippen molar-refractivity contribution in [3.05, 3.63) is 0 Å². The Hall–Kier alpha value is 0.690. The molecule has 0 rings (SSSR count). The lowest BCUT2D eigenvalue weighted by Crippen LogP contribution is -2.14. The molecule has 0 aromatic carbocycles. The minimum absolute atomic E-state index is 1.27. The lowest BCUT2D eigenvalue weighted by Gasteiger charge is -2.10. The maximum Gasteiger partial charge on any atom is 0.412 e. The topological polar surface area (TPSA) is 9.23 Å². The average molecular weight is 213 g/mol. The summed E-state index contributed by atoms with van der Waals surface area (Å²) in [5.74, 6) is 0. The molecule has 10 heavy (non-hydrogen) atoms. The molecular weight excluding hydrogens is 208 g/mol. The molecule has 0 aromatic rings. The van der Waals surface area contributed by atoms with Crippen molar-refractivity contribution >= 4 is 28.7 Å². The molecule has 0 N–H and O–H groups in total. The fourth-order valence-electron chi connectivity index (χ4n) is 0.188. The number of hydrogen-bond acceptors (Lipinski definition) is 2. The van der Waals surface area contributed by atoms with E-state index in [4.69, 9.17) is 11.2 Å². The summed E-state index contributed by atoms with van der Waals surface area (Å²) in [4.78, 5) is 0. The van der Waals surface area contributed by atoms with Gasteiger partial charge in [-0.1, -0.05) is 23.0 Å². The predicted octanol–water partition coefficient (Wildman–Crippen LogP) is 2.74. The first-order valence-corrected chi connectivity index (χ1v) is 6.26. The maximum absolute atomic E-state index is 11.4. The third kappa shape index (κ3) is 8.69. The first-order chi connectivity index (χ1) is 4.21. The normalized spacial score (nSPS) is 18.5. The fourth-order valence-corrected chi connectivity index (χ4v) is 0.870. The van der Waals surface area contributed by atoms with E-state index in [1.807, 2.05) is 0 Å². The van der Waals surface area contributed by atoms with Gasteiger partial charge in [-0.05, 0) is 0 Å². The summed E-state index contributed by atoms with van der Waals surface area (Å²) in [6.07, 6.45) is -4.34. The zero-order valence-electron chi connectivity index (χ0n) is 4.98. The highest BCUT2D eigenvalue weighted by Gasteiger charge is 2.29. The highest BCUT2D eigenvalue weighted by molar-refractivity contribution is 8.24. The zero-order valence-corrected chi connectivity index (χ0v) is 7.45. The van der Waals surface area contributed by atoms with Crippen molar-refractivity contribution in [2.24, 2.45) is 0 Å². The Balaban J connectivity index is 3.67. The summed E-state index contributed by atoms with van der Waals surface area (Å²) < 4.78 is 38.3. The molecular formula is C3H5ClF3OPS. The molecule has 0 aliphatic heterocycles. The SMILES string of the molecule is CP(=S)(Cl)OCC(F)(F)F. The minimum atomic E-state index is -4.34. The molecule has 0 fully saturated rings. The van der Waals surface area contributed by atoms with E-state index in [2.05, 4.69) is 16.3 Å². The third-order valence-corrected chi connectivity index (χ3v) is 1.66. The lowest BCUT2D eigenvalue weighted by atomic mass is 10.7. The molecule has 0 radical (unpaired) electrons. The molecule has 0 saturated heterocycles. The predicted molar refractivity (Wildman–Crippen MR) is 38.1 cm³/mol. The first kappa shape index (κ1) is 10.7. The summed E-state index contributed by atoms with van der Waals surface area (Å²) in [6.45, 7) is -0.0834. The van der Waals surface area contributed by atoms with E-state index in [1.54, 1.807) is 0 Å². The molecule has 62 valence electrons. The molecule has 7 heteroatoms. The Morgan fingerprint density at radius 3 is 2.10 bits per heavy atom. The van der Waals surface area contributed by atoms with E-state index in [0.717, 1.165) is 0 Å². The molecule has 1 nitrogen and oxygen atoms in total. The van der Waals surface area contributed by atoms with Crippen molar-refractivity contribution in [2.45, 2.75) is 6.18 Å². The van der Waals surface area contributed by atoms with Gasteiger partial charge in [0.2, 0.25) is 0 Å². The van der Waals surface area contributed by atoms with Crippen LogP contribution in [-0.2, 0) is 16.3 Å². The highest BCUT2D eigenvalue weighted by atomic mass is 35.7. The molecule has 0 saturated carbocycles. The largest absolute Gasteiger partial charge is 0.412 e. The van der Waals surface area contributed by atoms with Crippen LogP contribution in [0.3, 0.4) is 0 Å². The van der Waals surface area contributed by atoms with Crippen LogP contribution in [-0.4, -0.2) is 19.4 Å². The van der Waals surface area contributed by atoms with Crippen LogP contribution < -0.4 is 0 Å². The summed E-state index contributed by atoms with van der Waals surface area (Å²) >= 11 is 9.65. The molecule has 0 aliphatic carbocycles. The average Bonchev–Trinajstić information content (AvgIpc) is 1.57. The third-order valence-electron chi connectivity index (χ3n) is 0.459. The molecule has 0 bridgehead atoms. The maximum atomic E-state index is 11.4. The van der Waals surface area contributed by atoms with Gasteiger partial charge in [-0.3, -0.25) is 0 Å². The lowest BCUT2D eigenvalue weighted by molar-refractivity contribution is -0.151. The van der Waals surface area contributed by atoms with E-state index in [0.29, 0.717) is 0 Å². The Bertz CT molecular complexity index is 152. The van der Waals surface area contributed by atoms with Gasteiger partial charge in [0.15, 0.2) is 0 Å². The van der Waals surface area contributed by atoms with Gasteiger partial charge in [0.25, 0.3) is 0 Å². The second-order valence-electron chi connectivity index (χ2n) is 1.64. The minimum Gasteiger partial charge on any atom is -0.328 e. The Kier molecular flexibility index (Phi) is 3.62. The Labute approximate surface area is 66.4 Å². The van der Waals surface area contributed by atoms with Gasteiger partial charge in [-0.2, -0.15) is 13.2 Å². The van der Waals surface area contributed by atoms with Gasteiger partial charge in [-0.25, -0.2) is 0 Å². The van der Waals surface area contributed by atoms with Gasteiger partial charge in [0, 0.05) is 6.66 Å². The fraction of sp³-hybridized carbons (Fsp3) is 1.00. The highest BCUT2D eigenvalue weighted by Crippen LogP contribution is 2.49. The number of halogens is 4. The van der Waals surface area contributed by atoms with Crippen LogP contribution in [0.5, 0.6) is 0 Å². The molecule has 0 aliphatic rings. The standard InChI is InChI=1S/C3H5ClF3OPS/c1-9(4,10)8-2-3(5,6)7/h2H2,1H3. The Morgan fingerprint density at radius 2 is 2.00 bits per heavy atom. The second-order valence-corrected chi connectivity index (χ2v) is 8.01. The van der Waals surface area contributed by atoms with Crippen LogP contribution in [0, 0.1) is 0 Å².